The fourth-order valence-corrected chi connectivity index (χ4v) is 3.41. The molecule has 17 heavy (non-hydrogen) atoms. The van der Waals surface area contributed by atoms with Crippen molar-refractivity contribution in [1.82, 2.24) is 4.90 Å². The van der Waals surface area contributed by atoms with E-state index in [0.29, 0.717) is 10.8 Å². The van der Waals surface area contributed by atoms with Crippen LogP contribution in [0.1, 0.15) is 60.3 Å². The summed E-state index contributed by atoms with van der Waals surface area (Å²) in [6.45, 7) is 13.9. The van der Waals surface area contributed by atoms with Crippen molar-refractivity contribution >= 4 is 12.6 Å². The molecule has 104 valence electrons. The highest BCUT2D eigenvalue weighted by atomic mass is 32.1. The van der Waals surface area contributed by atoms with Crippen LogP contribution < -0.4 is 0 Å². The van der Waals surface area contributed by atoms with E-state index in [0.717, 1.165) is 12.3 Å². The lowest BCUT2D eigenvalue weighted by atomic mass is 9.80. The maximum absolute atomic E-state index is 4.63. The Bertz CT molecular complexity index is 190. The van der Waals surface area contributed by atoms with Gasteiger partial charge in [0, 0.05) is 13.1 Å². The SMILES string of the molecule is CCCC(CS)(CCC)CN(C)CC(C)(C)C. The number of nitrogens with zero attached hydrogens (tertiary/aromatic N) is 1. The highest BCUT2D eigenvalue weighted by Gasteiger charge is 2.29. The van der Waals surface area contributed by atoms with E-state index in [1.54, 1.807) is 0 Å². The molecular weight excluding hydrogens is 226 g/mol. The maximum Gasteiger partial charge on any atom is 0.00430 e. The molecule has 0 N–H and O–H groups in total. The molecule has 0 spiro atoms. The van der Waals surface area contributed by atoms with Gasteiger partial charge in [0.1, 0.15) is 0 Å². The van der Waals surface area contributed by atoms with Crippen molar-refractivity contribution in [3.05, 3.63) is 0 Å². The molecule has 0 rings (SSSR count). The van der Waals surface area contributed by atoms with Gasteiger partial charge in [-0.25, -0.2) is 0 Å². The van der Waals surface area contributed by atoms with E-state index in [1.807, 2.05) is 0 Å². The molecule has 0 heterocycles. The van der Waals surface area contributed by atoms with Gasteiger partial charge in [0.25, 0.3) is 0 Å². The third-order valence-electron chi connectivity index (χ3n) is 3.25. The smallest absolute Gasteiger partial charge is 0.00430 e. The minimum Gasteiger partial charge on any atom is -0.305 e. The molecule has 0 fully saturated rings. The molecule has 0 aromatic carbocycles. The van der Waals surface area contributed by atoms with Crippen molar-refractivity contribution < 1.29 is 0 Å². The molecule has 0 aromatic rings. The first-order chi connectivity index (χ1) is 7.78. The molecule has 0 bridgehead atoms. The van der Waals surface area contributed by atoms with E-state index in [-0.39, 0.29) is 0 Å². The summed E-state index contributed by atoms with van der Waals surface area (Å²) in [4.78, 5) is 2.50. The van der Waals surface area contributed by atoms with Crippen LogP contribution >= 0.6 is 12.6 Å². The van der Waals surface area contributed by atoms with Crippen LogP contribution in [-0.2, 0) is 0 Å². The minimum absolute atomic E-state index is 0.384. The Hall–Kier alpha value is 0.310. The van der Waals surface area contributed by atoms with E-state index in [9.17, 15) is 0 Å². The number of thiol groups is 1. The first-order valence-corrected chi connectivity index (χ1v) is 7.71. The largest absolute Gasteiger partial charge is 0.305 e. The molecule has 0 aliphatic rings. The number of rotatable bonds is 8. The molecule has 2 heteroatoms. The standard InChI is InChI=1S/C15H33NS/c1-7-9-15(13-17,10-8-2)12-16(6)11-14(3,4)5/h17H,7-13H2,1-6H3. The quantitative estimate of drug-likeness (QED) is 0.629. The Morgan fingerprint density at radius 1 is 0.941 bits per heavy atom. The van der Waals surface area contributed by atoms with Crippen molar-refractivity contribution in [2.75, 3.05) is 25.9 Å². The van der Waals surface area contributed by atoms with Crippen LogP contribution in [0, 0.1) is 10.8 Å². The zero-order chi connectivity index (χ0) is 13.5. The summed E-state index contributed by atoms with van der Waals surface area (Å²) >= 11 is 4.63. The Morgan fingerprint density at radius 3 is 1.71 bits per heavy atom. The van der Waals surface area contributed by atoms with Crippen LogP contribution in [0.4, 0.5) is 0 Å². The van der Waals surface area contributed by atoms with Gasteiger partial charge in [0.15, 0.2) is 0 Å². The van der Waals surface area contributed by atoms with Gasteiger partial charge in [-0.1, -0.05) is 47.5 Å². The topological polar surface area (TPSA) is 3.24 Å². The molecule has 0 aliphatic heterocycles. The molecule has 0 saturated heterocycles. The lowest BCUT2D eigenvalue weighted by molar-refractivity contribution is 0.136. The molecule has 0 radical (unpaired) electrons. The average molecular weight is 260 g/mol. The van der Waals surface area contributed by atoms with Crippen LogP contribution in [0.2, 0.25) is 0 Å². The highest BCUT2D eigenvalue weighted by Crippen LogP contribution is 2.32. The van der Waals surface area contributed by atoms with Crippen molar-refractivity contribution in [3.8, 4) is 0 Å². The summed E-state index contributed by atoms with van der Waals surface area (Å²) in [5.41, 5.74) is 0.808. The van der Waals surface area contributed by atoms with Crippen LogP contribution in [0.25, 0.3) is 0 Å². The van der Waals surface area contributed by atoms with E-state index in [2.05, 4.69) is 59.2 Å². The monoisotopic (exact) mass is 259 g/mol. The second-order valence-electron chi connectivity index (χ2n) is 6.89. The lowest BCUT2D eigenvalue weighted by Gasteiger charge is -2.38. The second-order valence-corrected chi connectivity index (χ2v) is 7.21. The van der Waals surface area contributed by atoms with E-state index in [1.165, 1.54) is 32.2 Å². The number of hydrogen-bond acceptors (Lipinski definition) is 2. The molecule has 0 unspecified atom stereocenters. The van der Waals surface area contributed by atoms with Crippen molar-refractivity contribution in [3.63, 3.8) is 0 Å². The highest BCUT2D eigenvalue weighted by molar-refractivity contribution is 7.80. The van der Waals surface area contributed by atoms with Gasteiger partial charge in [-0.05, 0) is 36.5 Å². The Balaban J connectivity index is 4.50. The minimum atomic E-state index is 0.384. The lowest BCUT2D eigenvalue weighted by Crippen LogP contribution is -2.40. The first kappa shape index (κ1) is 17.3. The third-order valence-corrected chi connectivity index (χ3v) is 3.92. The summed E-state index contributed by atoms with van der Waals surface area (Å²) in [6, 6.07) is 0. The van der Waals surface area contributed by atoms with Crippen LogP contribution in [-0.4, -0.2) is 30.8 Å². The van der Waals surface area contributed by atoms with Gasteiger partial charge in [0.05, 0.1) is 0 Å². The predicted octanol–water partition coefficient (Wildman–Crippen LogP) is 4.48. The predicted molar refractivity (Wildman–Crippen MR) is 83.1 cm³/mol. The fourth-order valence-electron chi connectivity index (χ4n) is 2.99. The van der Waals surface area contributed by atoms with Crippen molar-refractivity contribution in [2.45, 2.75) is 60.3 Å². The summed E-state index contributed by atoms with van der Waals surface area (Å²) in [7, 11) is 2.26. The van der Waals surface area contributed by atoms with Crippen LogP contribution in [0.5, 0.6) is 0 Å². The summed E-state index contributed by atoms with van der Waals surface area (Å²) < 4.78 is 0. The molecule has 0 aliphatic carbocycles. The molecule has 0 saturated carbocycles. The molecule has 0 atom stereocenters. The van der Waals surface area contributed by atoms with Crippen molar-refractivity contribution in [1.29, 1.82) is 0 Å². The maximum atomic E-state index is 4.63. The van der Waals surface area contributed by atoms with Gasteiger partial charge in [-0.15, -0.1) is 0 Å². The molecular formula is C15H33NS. The molecule has 0 aromatic heterocycles. The van der Waals surface area contributed by atoms with E-state index < -0.39 is 0 Å². The van der Waals surface area contributed by atoms with E-state index in [4.69, 9.17) is 0 Å². The average Bonchev–Trinajstić information content (AvgIpc) is 2.15. The summed E-state index contributed by atoms with van der Waals surface area (Å²) in [6.07, 6.45) is 5.14. The van der Waals surface area contributed by atoms with Gasteiger partial charge in [0.2, 0.25) is 0 Å². The molecule has 1 nitrogen and oxygen atoms in total. The summed E-state index contributed by atoms with van der Waals surface area (Å²) in [5, 5.41) is 0. The van der Waals surface area contributed by atoms with Gasteiger partial charge in [-0.3, -0.25) is 0 Å². The second kappa shape index (κ2) is 7.68. The van der Waals surface area contributed by atoms with Crippen LogP contribution in [0.3, 0.4) is 0 Å². The zero-order valence-electron chi connectivity index (χ0n) is 12.8. The first-order valence-electron chi connectivity index (χ1n) is 7.08. The van der Waals surface area contributed by atoms with Crippen molar-refractivity contribution in [2.24, 2.45) is 10.8 Å². The zero-order valence-corrected chi connectivity index (χ0v) is 13.7. The van der Waals surface area contributed by atoms with Gasteiger partial charge >= 0.3 is 0 Å². The van der Waals surface area contributed by atoms with E-state index >= 15 is 0 Å². The number of hydrogen-bond donors (Lipinski definition) is 1. The Kier molecular flexibility index (Phi) is 7.82. The normalized spacial score (nSPS) is 13.4. The van der Waals surface area contributed by atoms with Gasteiger partial charge in [-0.2, -0.15) is 12.6 Å². The fraction of sp³-hybridized carbons (Fsp3) is 1.00. The molecule has 0 amide bonds. The van der Waals surface area contributed by atoms with Crippen LogP contribution in [0.15, 0.2) is 0 Å². The summed E-state index contributed by atoms with van der Waals surface area (Å²) in [5.74, 6) is 1.02. The Labute approximate surface area is 115 Å². The third kappa shape index (κ3) is 7.35. The van der Waals surface area contributed by atoms with Gasteiger partial charge < -0.3 is 4.90 Å². The Morgan fingerprint density at radius 2 is 1.41 bits per heavy atom.